The zero-order chi connectivity index (χ0) is 21.8. The third-order valence-electron chi connectivity index (χ3n) is 6.66. The third-order valence-corrected chi connectivity index (χ3v) is 6.66. The van der Waals surface area contributed by atoms with Crippen LogP contribution in [-0.2, 0) is 0 Å². The summed E-state index contributed by atoms with van der Waals surface area (Å²) in [5, 5.41) is 7.29. The van der Waals surface area contributed by atoms with Crippen LogP contribution in [0.15, 0.2) is 115 Å². The Morgan fingerprint density at radius 1 is 0.455 bits per heavy atom. The molecule has 0 aliphatic rings. The van der Waals surface area contributed by atoms with Crippen molar-refractivity contribution in [3.63, 3.8) is 0 Å². The van der Waals surface area contributed by atoms with Gasteiger partial charge in [0.25, 0.3) is 0 Å². The molecule has 1 heteroatoms. The van der Waals surface area contributed by atoms with Crippen molar-refractivity contribution in [2.45, 2.75) is 0 Å². The van der Waals surface area contributed by atoms with Gasteiger partial charge in [-0.1, -0.05) is 103 Å². The molecule has 33 heavy (non-hydrogen) atoms. The van der Waals surface area contributed by atoms with Gasteiger partial charge in [-0.2, -0.15) is 0 Å². The first-order valence-corrected chi connectivity index (χ1v) is 11.3. The number of hydrogen-bond acceptors (Lipinski definition) is 0. The number of aromatic nitrogens is 1. The van der Waals surface area contributed by atoms with Crippen molar-refractivity contribution < 1.29 is 0 Å². The predicted molar refractivity (Wildman–Crippen MR) is 141 cm³/mol. The molecule has 0 amide bonds. The molecule has 6 aromatic carbocycles. The van der Waals surface area contributed by atoms with E-state index in [2.05, 4.69) is 126 Å². The van der Waals surface area contributed by atoms with E-state index in [-0.39, 0.29) is 0 Å². The van der Waals surface area contributed by atoms with Gasteiger partial charge in [-0.3, -0.25) is 0 Å². The van der Waals surface area contributed by atoms with Crippen LogP contribution in [-0.4, -0.2) is 4.98 Å². The van der Waals surface area contributed by atoms with E-state index in [1.807, 2.05) is 0 Å². The zero-order valence-corrected chi connectivity index (χ0v) is 18.0. The van der Waals surface area contributed by atoms with Crippen LogP contribution < -0.4 is 0 Å². The van der Waals surface area contributed by atoms with Crippen LogP contribution in [0.1, 0.15) is 0 Å². The van der Waals surface area contributed by atoms with Crippen molar-refractivity contribution in [1.82, 2.24) is 4.98 Å². The van der Waals surface area contributed by atoms with E-state index in [9.17, 15) is 0 Å². The summed E-state index contributed by atoms with van der Waals surface area (Å²) in [6.45, 7) is 0. The molecule has 1 aromatic heterocycles. The molecule has 0 fully saturated rings. The Bertz CT molecular complexity index is 1810. The molecule has 0 spiro atoms. The van der Waals surface area contributed by atoms with Gasteiger partial charge in [-0.25, -0.2) is 0 Å². The van der Waals surface area contributed by atoms with Crippen molar-refractivity contribution >= 4 is 43.4 Å². The van der Waals surface area contributed by atoms with Crippen molar-refractivity contribution in [2.24, 2.45) is 0 Å². The predicted octanol–water partition coefficient (Wildman–Crippen LogP) is 8.76. The van der Waals surface area contributed by atoms with Gasteiger partial charge in [-0.05, 0) is 62.0 Å². The lowest BCUT2D eigenvalue weighted by Crippen LogP contribution is -1.90. The van der Waals surface area contributed by atoms with E-state index >= 15 is 0 Å². The molecule has 7 aromatic rings. The van der Waals surface area contributed by atoms with Crippen LogP contribution in [0.2, 0.25) is 0 Å². The topological polar surface area (TPSA) is 15.8 Å². The largest absolute Gasteiger partial charge is 0.354 e. The lowest BCUT2D eigenvalue weighted by atomic mass is 9.86. The number of fused-ring (bicyclic) bond motifs is 5. The molecular weight excluding hydrogens is 398 g/mol. The first-order valence-electron chi connectivity index (χ1n) is 11.3. The Kier molecular flexibility index (Phi) is 3.91. The van der Waals surface area contributed by atoms with E-state index in [1.54, 1.807) is 0 Å². The molecule has 153 valence electrons. The number of aromatic amines is 1. The molecule has 0 aliphatic carbocycles. The number of hydrogen-bond donors (Lipinski definition) is 1. The van der Waals surface area contributed by atoms with Crippen molar-refractivity contribution in [3.8, 4) is 22.3 Å². The zero-order valence-electron chi connectivity index (χ0n) is 18.0. The van der Waals surface area contributed by atoms with Crippen LogP contribution in [0.5, 0.6) is 0 Å². The first kappa shape index (κ1) is 18.2. The lowest BCUT2D eigenvalue weighted by molar-refractivity contribution is 1.55. The number of para-hydroxylation sites is 1. The Morgan fingerprint density at radius 3 is 1.97 bits per heavy atom. The van der Waals surface area contributed by atoms with E-state index in [0.717, 1.165) is 16.3 Å². The summed E-state index contributed by atoms with van der Waals surface area (Å²) < 4.78 is 0. The SMILES string of the molecule is [c]1c2ccccc2c(-c2ccccc2)c2c(-c3cccc4[nH]c5ccccc5c34)cccc12. The Morgan fingerprint density at radius 2 is 1.09 bits per heavy atom. The molecule has 1 nitrogen and oxygen atoms in total. The van der Waals surface area contributed by atoms with Gasteiger partial charge in [0.15, 0.2) is 0 Å². The number of nitrogens with one attached hydrogen (secondary N) is 1. The maximum absolute atomic E-state index is 3.70. The van der Waals surface area contributed by atoms with Crippen LogP contribution >= 0.6 is 0 Å². The first-order chi connectivity index (χ1) is 16.4. The molecule has 1 N–H and O–H groups in total. The maximum Gasteiger partial charge on any atom is 0.0471 e. The van der Waals surface area contributed by atoms with E-state index in [4.69, 9.17) is 0 Å². The summed E-state index contributed by atoms with van der Waals surface area (Å²) in [6.07, 6.45) is 0. The highest BCUT2D eigenvalue weighted by Gasteiger charge is 2.17. The monoisotopic (exact) mass is 418 g/mol. The van der Waals surface area contributed by atoms with Crippen molar-refractivity contribution in [1.29, 1.82) is 0 Å². The average molecular weight is 419 g/mol. The van der Waals surface area contributed by atoms with E-state index in [1.165, 1.54) is 49.3 Å². The summed E-state index contributed by atoms with van der Waals surface area (Å²) >= 11 is 0. The highest BCUT2D eigenvalue weighted by atomic mass is 14.7. The summed E-state index contributed by atoms with van der Waals surface area (Å²) in [5.74, 6) is 0. The van der Waals surface area contributed by atoms with Gasteiger partial charge in [-0.15, -0.1) is 0 Å². The highest BCUT2D eigenvalue weighted by molar-refractivity contribution is 6.21. The molecule has 1 radical (unpaired) electrons. The second-order valence-corrected chi connectivity index (χ2v) is 8.54. The van der Waals surface area contributed by atoms with E-state index < -0.39 is 0 Å². The van der Waals surface area contributed by atoms with Gasteiger partial charge in [0.2, 0.25) is 0 Å². The number of rotatable bonds is 2. The van der Waals surface area contributed by atoms with Crippen molar-refractivity contribution in [3.05, 3.63) is 121 Å². The standard InChI is InChI=1S/C32H20N/c1-2-10-21(11-3-1)30-24-14-5-4-12-22(24)20-23-13-8-16-25(31(23)30)26-17-9-19-29-32(26)27-15-6-7-18-28(27)33-29/h1-19,33H. The Balaban J connectivity index is 1.69. The molecular formula is C32H20N. The fourth-order valence-corrected chi connectivity index (χ4v) is 5.27. The molecule has 7 rings (SSSR count). The molecule has 0 saturated heterocycles. The Hall–Kier alpha value is -4.36. The molecule has 0 atom stereocenters. The maximum atomic E-state index is 3.70. The lowest BCUT2D eigenvalue weighted by Gasteiger charge is -2.16. The summed E-state index contributed by atoms with van der Waals surface area (Å²) in [6, 6.07) is 44.8. The molecule has 1 heterocycles. The minimum Gasteiger partial charge on any atom is -0.354 e. The van der Waals surface area contributed by atoms with Crippen molar-refractivity contribution in [2.75, 3.05) is 0 Å². The van der Waals surface area contributed by atoms with Crippen LogP contribution in [0.4, 0.5) is 0 Å². The second kappa shape index (κ2) is 7.08. The smallest absolute Gasteiger partial charge is 0.0471 e. The van der Waals surface area contributed by atoms with E-state index in [0.29, 0.717) is 0 Å². The highest BCUT2D eigenvalue weighted by Crippen LogP contribution is 2.43. The van der Waals surface area contributed by atoms with Gasteiger partial charge in [0, 0.05) is 21.8 Å². The summed E-state index contributed by atoms with van der Waals surface area (Å²) in [7, 11) is 0. The summed E-state index contributed by atoms with van der Waals surface area (Å²) in [5.41, 5.74) is 7.32. The fourth-order valence-electron chi connectivity index (χ4n) is 5.27. The third kappa shape index (κ3) is 2.73. The quantitative estimate of drug-likeness (QED) is 0.270. The number of benzene rings is 6. The van der Waals surface area contributed by atoms with Gasteiger partial charge >= 0.3 is 0 Å². The summed E-state index contributed by atoms with van der Waals surface area (Å²) in [4.78, 5) is 3.60. The minimum atomic E-state index is 1.14. The average Bonchev–Trinajstić information content (AvgIpc) is 3.26. The minimum absolute atomic E-state index is 1.14. The molecule has 0 bridgehead atoms. The molecule has 0 aliphatic heterocycles. The normalized spacial score (nSPS) is 11.6. The Labute approximate surface area is 191 Å². The van der Waals surface area contributed by atoms with Crippen LogP contribution in [0, 0.1) is 6.07 Å². The second-order valence-electron chi connectivity index (χ2n) is 8.54. The van der Waals surface area contributed by atoms with Gasteiger partial charge in [0.1, 0.15) is 0 Å². The van der Waals surface area contributed by atoms with Crippen LogP contribution in [0.25, 0.3) is 65.6 Å². The number of H-pyrrole nitrogens is 1. The van der Waals surface area contributed by atoms with Crippen LogP contribution in [0.3, 0.4) is 0 Å². The molecule has 0 saturated carbocycles. The fraction of sp³-hybridized carbons (Fsp3) is 0. The molecule has 0 unspecified atom stereocenters. The van der Waals surface area contributed by atoms with Gasteiger partial charge < -0.3 is 4.98 Å². The van der Waals surface area contributed by atoms with Gasteiger partial charge in [0.05, 0.1) is 0 Å².